The van der Waals surface area contributed by atoms with E-state index in [-0.39, 0.29) is 23.3 Å². The van der Waals surface area contributed by atoms with Crippen LogP contribution in [-0.4, -0.2) is 30.7 Å². The molecular formula is C15H11ClF6O4. The van der Waals surface area contributed by atoms with Gasteiger partial charge in [0.25, 0.3) is 0 Å². The molecule has 0 saturated carbocycles. The second-order valence-corrected chi connectivity index (χ2v) is 5.30. The van der Waals surface area contributed by atoms with Crippen LogP contribution in [0.5, 0.6) is 11.5 Å². The van der Waals surface area contributed by atoms with E-state index >= 15 is 0 Å². The number of ether oxygens (including phenoxy) is 3. The highest BCUT2D eigenvalue weighted by molar-refractivity contribution is 6.17. The number of aryl methyl sites for hydroxylation is 1. The van der Waals surface area contributed by atoms with Gasteiger partial charge in [-0.2, -0.15) is 13.2 Å². The number of alkyl halides is 7. The normalized spacial score (nSPS) is 17.1. The molecule has 2 rings (SSSR count). The van der Waals surface area contributed by atoms with Gasteiger partial charge in [0.1, 0.15) is 11.5 Å². The molecule has 4 nitrogen and oxygen atoms in total. The largest absolute Gasteiger partial charge is 0.573 e. The maximum atomic E-state index is 13.2. The topological polar surface area (TPSA) is 44.8 Å². The third-order valence-electron chi connectivity index (χ3n) is 3.33. The molecule has 144 valence electrons. The zero-order chi connectivity index (χ0) is 19.7. The van der Waals surface area contributed by atoms with Crippen LogP contribution in [0.2, 0.25) is 0 Å². The van der Waals surface area contributed by atoms with E-state index in [1.54, 1.807) is 0 Å². The minimum atomic E-state index is -4.99. The SMILES string of the molecule is CCc1cc(OC(F)(F)F)cc2c1OC(C(F)(F)F)C(C(=O)OCCl)=C2. The van der Waals surface area contributed by atoms with E-state index in [4.69, 9.17) is 16.3 Å². The zero-order valence-electron chi connectivity index (χ0n) is 13.0. The maximum absolute atomic E-state index is 13.2. The van der Waals surface area contributed by atoms with Crippen LogP contribution in [0.3, 0.4) is 0 Å². The van der Waals surface area contributed by atoms with E-state index in [0.717, 1.165) is 18.2 Å². The molecule has 1 aliphatic heterocycles. The second kappa shape index (κ2) is 7.26. The maximum Gasteiger partial charge on any atom is 0.573 e. The van der Waals surface area contributed by atoms with E-state index in [9.17, 15) is 31.1 Å². The Kier molecular flexibility index (Phi) is 5.64. The molecule has 0 aromatic heterocycles. The summed E-state index contributed by atoms with van der Waals surface area (Å²) in [6.07, 6.45) is -11.8. The molecule has 1 heterocycles. The average Bonchev–Trinajstić information content (AvgIpc) is 2.50. The van der Waals surface area contributed by atoms with Crippen molar-refractivity contribution < 1.29 is 45.3 Å². The molecular weight excluding hydrogens is 394 g/mol. The minimum absolute atomic E-state index is 0.0528. The monoisotopic (exact) mass is 404 g/mol. The first kappa shape index (κ1) is 20.2. The summed E-state index contributed by atoms with van der Waals surface area (Å²) in [5, 5.41) is 0. The summed E-state index contributed by atoms with van der Waals surface area (Å²) >= 11 is 5.19. The quantitative estimate of drug-likeness (QED) is 0.418. The van der Waals surface area contributed by atoms with Gasteiger partial charge in [0, 0.05) is 5.56 Å². The molecule has 0 radical (unpaired) electrons. The molecule has 0 fully saturated rings. The Bertz CT molecular complexity index is 726. The Hall–Kier alpha value is -2.10. The zero-order valence-corrected chi connectivity index (χ0v) is 13.8. The van der Waals surface area contributed by atoms with Crippen molar-refractivity contribution in [2.24, 2.45) is 0 Å². The van der Waals surface area contributed by atoms with Gasteiger partial charge >= 0.3 is 18.5 Å². The van der Waals surface area contributed by atoms with Gasteiger partial charge in [-0.15, -0.1) is 13.2 Å². The van der Waals surface area contributed by atoms with E-state index in [1.165, 1.54) is 6.92 Å². The lowest BCUT2D eigenvalue weighted by Crippen LogP contribution is -2.41. The highest BCUT2D eigenvalue weighted by Gasteiger charge is 2.49. The van der Waals surface area contributed by atoms with Crippen molar-refractivity contribution >= 4 is 23.6 Å². The third kappa shape index (κ3) is 4.54. The van der Waals surface area contributed by atoms with Crippen LogP contribution in [0.1, 0.15) is 18.1 Å². The van der Waals surface area contributed by atoms with E-state index in [1.807, 2.05) is 0 Å². The number of carbonyl (C=O) groups excluding carboxylic acids is 1. The van der Waals surface area contributed by atoms with Crippen LogP contribution in [0.25, 0.3) is 6.08 Å². The molecule has 1 aliphatic rings. The van der Waals surface area contributed by atoms with Gasteiger partial charge in [0.05, 0.1) is 5.57 Å². The molecule has 0 N–H and O–H groups in total. The third-order valence-corrected chi connectivity index (χ3v) is 3.44. The molecule has 26 heavy (non-hydrogen) atoms. The summed E-state index contributed by atoms with van der Waals surface area (Å²) in [5.74, 6) is -2.33. The van der Waals surface area contributed by atoms with Gasteiger partial charge in [-0.25, -0.2) is 4.79 Å². The summed E-state index contributed by atoms with van der Waals surface area (Å²) in [5.41, 5.74) is -1.06. The van der Waals surface area contributed by atoms with Crippen LogP contribution in [0.15, 0.2) is 17.7 Å². The first-order chi connectivity index (χ1) is 12.0. The predicted molar refractivity (Wildman–Crippen MR) is 77.8 cm³/mol. The fourth-order valence-corrected chi connectivity index (χ4v) is 2.45. The summed E-state index contributed by atoms with van der Waals surface area (Å²) < 4.78 is 90.1. The first-order valence-electron chi connectivity index (χ1n) is 7.07. The lowest BCUT2D eigenvalue weighted by Gasteiger charge is -2.29. The van der Waals surface area contributed by atoms with E-state index < -0.39 is 42.0 Å². The number of rotatable bonds is 4. The number of hydrogen-bond donors (Lipinski definition) is 0. The first-order valence-corrected chi connectivity index (χ1v) is 7.60. The second-order valence-electron chi connectivity index (χ2n) is 5.08. The number of halogens is 7. The average molecular weight is 405 g/mol. The lowest BCUT2D eigenvalue weighted by atomic mass is 9.97. The number of fused-ring (bicyclic) bond motifs is 1. The highest BCUT2D eigenvalue weighted by atomic mass is 35.5. The molecule has 0 spiro atoms. The number of hydrogen-bond acceptors (Lipinski definition) is 4. The van der Waals surface area contributed by atoms with Crippen LogP contribution >= 0.6 is 11.6 Å². The fraction of sp³-hybridized carbons (Fsp3) is 0.400. The number of carbonyl (C=O) groups is 1. The Labute approximate surface area is 148 Å². The summed E-state index contributed by atoms with van der Waals surface area (Å²) in [6.45, 7) is 1.51. The summed E-state index contributed by atoms with van der Waals surface area (Å²) in [7, 11) is 0. The Balaban J connectivity index is 2.58. The van der Waals surface area contributed by atoms with Crippen molar-refractivity contribution in [2.75, 3.05) is 6.07 Å². The Morgan fingerprint density at radius 3 is 2.38 bits per heavy atom. The number of benzene rings is 1. The molecule has 1 unspecified atom stereocenters. The van der Waals surface area contributed by atoms with Gasteiger partial charge in [-0.05, 0) is 30.2 Å². The van der Waals surface area contributed by atoms with Crippen molar-refractivity contribution in [3.05, 3.63) is 28.8 Å². The molecule has 0 bridgehead atoms. The van der Waals surface area contributed by atoms with Gasteiger partial charge in [-0.1, -0.05) is 18.5 Å². The molecule has 0 saturated heterocycles. The van der Waals surface area contributed by atoms with E-state index in [0.29, 0.717) is 0 Å². The van der Waals surface area contributed by atoms with Crippen LogP contribution in [0, 0.1) is 0 Å². The molecule has 11 heteroatoms. The molecule has 1 aromatic carbocycles. The van der Waals surface area contributed by atoms with Crippen molar-refractivity contribution in [1.29, 1.82) is 0 Å². The molecule has 1 atom stereocenters. The van der Waals surface area contributed by atoms with Crippen molar-refractivity contribution in [1.82, 2.24) is 0 Å². The molecule has 1 aromatic rings. The van der Waals surface area contributed by atoms with Crippen LogP contribution in [-0.2, 0) is 16.0 Å². The van der Waals surface area contributed by atoms with Gasteiger partial charge < -0.3 is 14.2 Å². The van der Waals surface area contributed by atoms with Crippen molar-refractivity contribution in [2.45, 2.75) is 32.0 Å². The van der Waals surface area contributed by atoms with Crippen LogP contribution < -0.4 is 9.47 Å². The smallest absolute Gasteiger partial charge is 0.475 e. The van der Waals surface area contributed by atoms with E-state index in [2.05, 4.69) is 9.47 Å². The Morgan fingerprint density at radius 1 is 1.23 bits per heavy atom. The van der Waals surface area contributed by atoms with Gasteiger partial charge in [0.15, 0.2) is 6.07 Å². The predicted octanol–water partition coefficient (Wildman–Crippen LogP) is 4.59. The van der Waals surface area contributed by atoms with Gasteiger partial charge in [-0.3, -0.25) is 0 Å². The minimum Gasteiger partial charge on any atom is -0.475 e. The standard InChI is InChI=1S/C15H11ClF6O4/c1-2-7-3-9(26-15(20,21)22)4-8-5-10(13(23)24-6-16)12(14(17,18)19)25-11(7)8/h3-5,12H,2,6H2,1H3. The van der Waals surface area contributed by atoms with Crippen molar-refractivity contribution in [3.63, 3.8) is 0 Å². The summed E-state index contributed by atoms with van der Waals surface area (Å²) in [6, 6.07) is 1.04. The number of esters is 1. The lowest BCUT2D eigenvalue weighted by molar-refractivity contribution is -0.274. The summed E-state index contributed by atoms with van der Waals surface area (Å²) in [4.78, 5) is 11.8. The molecule has 0 aliphatic carbocycles. The van der Waals surface area contributed by atoms with Gasteiger partial charge in [0.2, 0.25) is 6.10 Å². The van der Waals surface area contributed by atoms with Crippen LogP contribution in [0.4, 0.5) is 26.3 Å². The molecule has 0 amide bonds. The fourth-order valence-electron chi connectivity index (χ4n) is 2.36. The van der Waals surface area contributed by atoms with Crippen molar-refractivity contribution in [3.8, 4) is 11.5 Å². The Morgan fingerprint density at radius 2 is 1.88 bits per heavy atom. The highest BCUT2D eigenvalue weighted by Crippen LogP contribution is 2.42.